The van der Waals surface area contributed by atoms with Gasteiger partial charge in [-0.15, -0.1) is 0 Å². The second-order valence-corrected chi connectivity index (χ2v) is 6.45. The van der Waals surface area contributed by atoms with E-state index in [1.807, 2.05) is 12.1 Å². The summed E-state index contributed by atoms with van der Waals surface area (Å²) in [6.07, 6.45) is 2.21. The van der Waals surface area contributed by atoms with Gasteiger partial charge < -0.3 is 10.6 Å². The summed E-state index contributed by atoms with van der Waals surface area (Å²) in [6.45, 7) is 10.0. The number of hydrogen-bond acceptors (Lipinski definition) is 3. The highest BCUT2D eigenvalue weighted by Crippen LogP contribution is 2.18. The predicted octanol–water partition coefficient (Wildman–Crippen LogP) is 2.82. The molecule has 1 atom stereocenters. The molecule has 4 nitrogen and oxygen atoms in total. The van der Waals surface area contributed by atoms with Crippen LogP contribution in [0.15, 0.2) is 24.3 Å². The molecule has 0 radical (unpaired) electrons. The van der Waals surface area contributed by atoms with Gasteiger partial charge in [0.25, 0.3) is 0 Å². The van der Waals surface area contributed by atoms with Crippen molar-refractivity contribution >= 4 is 11.6 Å². The molecule has 1 aliphatic rings. The molecular weight excluding hydrogens is 274 g/mol. The molecule has 0 spiro atoms. The van der Waals surface area contributed by atoms with Crippen molar-refractivity contribution in [2.45, 2.75) is 45.6 Å². The lowest BCUT2D eigenvalue weighted by molar-refractivity contribution is -0.117. The van der Waals surface area contributed by atoms with Gasteiger partial charge in [-0.05, 0) is 49.5 Å². The molecule has 1 aromatic carbocycles. The Morgan fingerprint density at radius 3 is 2.91 bits per heavy atom. The van der Waals surface area contributed by atoms with Crippen LogP contribution in [0.25, 0.3) is 0 Å². The second-order valence-electron chi connectivity index (χ2n) is 6.45. The molecule has 0 aromatic heterocycles. The zero-order valence-corrected chi connectivity index (χ0v) is 14.1. The number of nitrogens with zero attached hydrogens (tertiary/aromatic N) is 1. The highest BCUT2D eigenvalue weighted by Gasteiger charge is 2.23. The van der Waals surface area contributed by atoms with Gasteiger partial charge in [0, 0.05) is 18.3 Å². The van der Waals surface area contributed by atoms with Crippen LogP contribution >= 0.6 is 0 Å². The van der Waals surface area contributed by atoms with Crippen LogP contribution in [0.4, 0.5) is 5.69 Å². The van der Waals surface area contributed by atoms with Crippen LogP contribution in [-0.2, 0) is 4.79 Å². The summed E-state index contributed by atoms with van der Waals surface area (Å²) in [5.74, 6) is 0.555. The minimum Gasteiger partial charge on any atom is -0.325 e. The number of hydrogen-bond donors (Lipinski definition) is 2. The van der Waals surface area contributed by atoms with Crippen LogP contribution in [0.5, 0.6) is 0 Å². The molecule has 2 rings (SSSR count). The molecule has 0 aliphatic carbocycles. The van der Waals surface area contributed by atoms with Gasteiger partial charge in [0.1, 0.15) is 0 Å². The van der Waals surface area contributed by atoms with Crippen molar-refractivity contribution in [3.8, 4) is 0 Å². The Balaban J connectivity index is 1.94. The molecule has 4 heteroatoms. The third-order valence-electron chi connectivity index (χ3n) is 4.25. The number of carbonyl (C=O) groups excluding carboxylic acids is 1. The maximum absolute atomic E-state index is 12.4. The van der Waals surface area contributed by atoms with E-state index in [0.717, 1.165) is 38.2 Å². The minimum atomic E-state index is 0.0845. The van der Waals surface area contributed by atoms with Gasteiger partial charge in [-0.3, -0.25) is 9.69 Å². The number of rotatable bonds is 7. The Morgan fingerprint density at radius 2 is 2.27 bits per heavy atom. The average molecular weight is 303 g/mol. The van der Waals surface area contributed by atoms with Gasteiger partial charge in [-0.2, -0.15) is 0 Å². The van der Waals surface area contributed by atoms with E-state index in [2.05, 4.69) is 48.4 Å². The van der Waals surface area contributed by atoms with Crippen LogP contribution < -0.4 is 10.6 Å². The lowest BCUT2D eigenvalue weighted by atomic mass is 10.0. The number of benzene rings is 1. The average Bonchev–Trinajstić information content (AvgIpc) is 3.01. The standard InChI is InChI=1S/C18H29N3O/c1-4-10-21(17-8-9-19-12-17)13-18(22)20-16-7-5-6-15(11-16)14(2)3/h5-7,11,14,17,19H,4,8-10,12-13H2,1-3H3,(H,20,22). The molecule has 1 unspecified atom stereocenters. The number of amides is 1. The summed E-state index contributed by atoms with van der Waals surface area (Å²) in [7, 11) is 0. The topological polar surface area (TPSA) is 44.4 Å². The second kappa shape index (κ2) is 8.30. The van der Waals surface area contributed by atoms with Gasteiger partial charge in [-0.1, -0.05) is 32.9 Å². The smallest absolute Gasteiger partial charge is 0.238 e. The van der Waals surface area contributed by atoms with Crippen LogP contribution in [0, 0.1) is 0 Å². The first-order valence-electron chi connectivity index (χ1n) is 8.44. The molecular formula is C18H29N3O. The van der Waals surface area contributed by atoms with Crippen molar-refractivity contribution in [3.05, 3.63) is 29.8 Å². The molecule has 122 valence electrons. The summed E-state index contributed by atoms with van der Waals surface area (Å²) in [5.41, 5.74) is 2.15. The molecule has 1 saturated heterocycles. The molecule has 22 heavy (non-hydrogen) atoms. The van der Waals surface area contributed by atoms with E-state index in [-0.39, 0.29) is 5.91 Å². The zero-order valence-electron chi connectivity index (χ0n) is 14.1. The Morgan fingerprint density at radius 1 is 1.45 bits per heavy atom. The van der Waals surface area contributed by atoms with Crippen molar-refractivity contribution in [3.63, 3.8) is 0 Å². The van der Waals surface area contributed by atoms with Crippen LogP contribution in [0.1, 0.15) is 45.1 Å². The first-order valence-corrected chi connectivity index (χ1v) is 8.44. The summed E-state index contributed by atoms with van der Waals surface area (Å²) in [5, 5.41) is 6.43. The largest absolute Gasteiger partial charge is 0.325 e. The number of carbonyl (C=O) groups is 1. The van der Waals surface area contributed by atoms with E-state index in [4.69, 9.17) is 0 Å². The molecule has 0 saturated carbocycles. The van der Waals surface area contributed by atoms with Gasteiger partial charge in [0.05, 0.1) is 6.54 Å². The molecule has 1 amide bonds. The number of anilines is 1. The van der Waals surface area contributed by atoms with Gasteiger partial charge in [0.15, 0.2) is 0 Å². The first kappa shape index (κ1) is 17.0. The Hall–Kier alpha value is -1.39. The van der Waals surface area contributed by atoms with Crippen molar-refractivity contribution in [1.82, 2.24) is 10.2 Å². The summed E-state index contributed by atoms with van der Waals surface area (Å²) >= 11 is 0. The zero-order chi connectivity index (χ0) is 15.9. The lowest BCUT2D eigenvalue weighted by Gasteiger charge is -2.27. The fourth-order valence-electron chi connectivity index (χ4n) is 2.99. The van der Waals surface area contributed by atoms with Gasteiger partial charge in [0.2, 0.25) is 5.91 Å². The highest BCUT2D eigenvalue weighted by atomic mass is 16.2. The van der Waals surface area contributed by atoms with Crippen LogP contribution in [0.3, 0.4) is 0 Å². The summed E-state index contributed by atoms with van der Waals surface area (Å²) in [6, 6.07) is 8.64. The normalized spacial score (nSPS) is 18.1. The van der Waals surface area contributed by atoms with Crippen LogP contribution in [0.2, 0.25) is 0 Å². The van der Waals surface area contributed by atoms with E-state index >= 15 is 0 Å². The van der Waals surface area contributed by atoms with Gasteiger partial charge in [-0.25, -0.2) is 0 Å². The monoisotopic (exact) mass is 303 g/mol. The lowest BCUT2D eigenvalue weighted by Crippen LogP contribution is -2.42. The van der Waals surface area contributed by atoms with Gasteiger partial charge >= 0.3 is 0 Å². The SMILES string of the molecule is CCCN(CC(=O)Nc1cccc(C(C)C)c1)C1CCNC1. The Bertz CT molecular complexity index is 481. The van der Waals surface area contributed by atoms with Crippen molar-refractivity contribution in [2.75, 3.05) is 31.5 Å². The molecule has 1 heterocycles. The molecule has 1 aromatic rings. The van der Waals surface area contributed by atoms with Crippen molar-refractivity contribution < 1.29 is 4.79 Å². The number of nitrogens with one attached hydrogen (secondary N) is 2. The predicted molar refractivity (Wildman–Crippen MR) is 92.3 cm³/mol. The van der Waals surface area contributed by atoms with E-state index in [1.165, 1.54) is 5.56 Å². The Labute approximate surface area is 134 Å². The molecule has 0 bridgehead atoms. The quantitative estimate of drug-likeness (QED) is 0.814. The van der Waals surface area contributed by atoms with E-state index < -0.39 is 0 Å². The maximum atomic E-state index is 12.4. The molecule has 2 N–H and O–H groups in total. The van der Waals surface area contributed by atoms with E-state index in [0.29, 0.717) is 18.5 Å². The summed E-state index contributed by atoms with van der Waals surface area (Å²) in [4.78, 5) is 14.7. The van der Waals surface area contributed by atoms with Crippen molar-refractivity contribution in [1.29, 1.82) is 0 Å². The van der Waals surface area contributed by atoms with Crippen molar-refractivity contribution in [2.24, 2.45) is 0 Å². The fourth-order valence-corrected chi connectivity index (χ4v) is 2.99. The minimum absolute atomic E-state index is 0.0845. The third-order valence-corrected chi connectivity index (χ3v) is 4.25. The summed E-state index contributed by atoms with van der Waals surface area (Å²) < 4.78 is 0. The molecule has 1 fully saturated rings. The molecule has 1 aliphatic heterocycles. The third kappa shape index (κ3) is 4.82. The van der Waals surface area contributed by atoms with E-state index in [9.17, 15) is 4.79 Å². The maximum Gasteiger partial charge on any atom is 0.238 e. The fraction of sp³-hybridized carbons (Fsp3) is 0.611. The Kier molecular flexibility index (Phi) is 6.40. The highest BCUT2D eigenvalue weighted by molar-refractivity contribution is 5.92. The van der Waals surface area contributed by atoms with E-state index in [1.54, 1.807) is 0 Å². The van der Waals surface area contributed by atoms with Crippen LogP contribution in [-0.4, -0.2) is 43.0 Å². The first-order chi connectivity index (χ1) is 10.6.